The number of para-hydroxylation sites is 1. The van der Waals surface area contributed by atoms with Gasteiger partial charge in [0.1, 0.15) is 0 Å². The molecule has 0 amide bonds. The third kappa shape index (κ3) is 6.20. The minimum atomic E-state index is 0.465. The average molecular weight is 352 g/mol. The summed E-state index contributed by atoms with van der Waals surface area (Å²) in [5.74, 6) is 0.799. The van der Waals surface area contributed by atoms with Crippen molar-refractivity contribution in [3.8, 4) is 0 Å². The number of unbranched alkanes of at least 4 members (excludes halogenated alkanes) is 2. The van der Waals surface area contributed by atoms with Gasteiger partial charge in [-0.1, -0.05) is 101 Å². The highest BCUT2D eigenvalue weighted by Gasteiger charge is 2.23. The second-order valence-electron chi connectivity index (χ2n) is 7.46. The molecule has 2 atom stereocenters. The molecule has 0 N–H and O–H groups in total. The molecule has 0 aromatic heterocycles. The van der Waals surface area contributed by atoms with E-state index in [0.29, 0.717) is 6.04 Å². The topological polar surface area (TPSA) is 3.24 Å². The maximum Gasteiger partial charge on any atom is 0.0545 e. The lowest BCUT2D eigenvalue weighted by molar-refractivity contribution is 0.375. The zero-order valence-electron chi connectivity index (χ0n) is 17.0. The molecule has 0 aliphatic heterocycles. The van der Waals surface area contributed by atoms with Gasteiger partial charge in [0, 0.05) is 12.2 Å². The predicted molar refractivity (Wildman–Crippen MR) is 116 cm³/mol. The van der Waals surface area contributed by atoms with Gasteiger partial charge in [0.05, 0.1) is 6.04 Å². The molecule has 0 spiro atoms. The van der Waals surface area contributed by atoms with E-state index in [-0.39, 0.29) is 0 Å². The van der Waals surface area contributed by atoms with E-state index >= 15 is 0 Å². The molecule has 0 fully saturated rings. The van der Waals surface area contributed by atoms with Crippen LogP contribution in [0.4, 0.5) is 5.69 Å². The third-order valence-corrected chi connectivity index (χ3v) is 5.50. The lowest BCUT2D eigenvalue weighted by atomic mass is 9.88. The molecule has 26 heavy (non-hydrogen) atoms. The van der Waals surface area contributed by atoms with Gasteiger partial charge in [-0.3, -0.25) is 0 Å². The third-order valence-electron chi connectivity index (χ3n) is 5.50. The van der Waals surface area contributed by atoms with E-state index in [2.05, 4.69) is 86.3 Å². The van der Waals surface area contributed by atoms with Gasteiger partial charge in [-0.05, 0) is 36.5 Å². The molecule has 2 rings (SSSR count). The zero-order valence-corrected chi connectivity index (χ0v) is 17.0. The van der Waals surface area contributed by atoms with Gasteiger partial charge in [-0.2, -0.15) is 0 Å². The normalized spacial score (nSPS) is 13.3. The molecule has 1 nitrogen and oxygen atoms in total. The van der Waals surface area contributed by atoms with Crippen molar-refractivity contribution in [3.05, 3.63) is 66.2 Å². The van der Waals surface area contributed by atoms with Crippen LogP contribution in [0.15, 0.2) is 60.7 Å². The fourth-order valence-electron chi connectivity index (χ4n) is 3.83. The van der Waals surface area contributed by atoms with E-state index in [1.165, 1.54) is 56.2 Å². The molecule has 0 aliphatic rings. The van der Waals surface area contributed by atoms with Crippen molar-refractivity contribution in [1.29, 1.82) is 0 Å². The molecule has 0 heterocycles. The second-order valence-corrected chi connectivity index (χ2v) is 7.46. The van der Waals surface area contributed by atoms with Gasteiger partial charge in [0.15, 0.2) is 0 Å². The summed E-state index contributed by atoms with van der Waals surface area (Å²) in [6.45, 7) is 8.08. The first-order chi connectivity index (χ1) is 12.8. The van der Waals surface area contributed by atoms with Crippen LogP contribution in [0.1, 0.15) is 77.3 Å². The minimum absolute atomic E-state index is 0.465. The molecule has 0 saturated heterocycles. The largest absolute Gasteiger partial charge is 0.364 e. The summed E-state index contributed by atoms with van der Waals surface area (Å²) in [5, 5.41) is 0. The summed E-state index contributed by atoms with van der Waals surface area (Å²) in [4.78, 5) is 2.66. The summed E-state index contributed by atoms with van der Waals surface area (Å²) < 4.78 is 0. The first-order valence-corrected chi connectivity index (χ1v) is 10.7. The Bertz CT molecular complexity index is 578. The van der Waals surface area contributed by atoms with Crippen LogP contribution < -0.4 is 4.90 Å². The zero-order chi connectivity index (χ0) is 18.6. The predicted octanol–water partition coefficient (Wildman–Crippen LogP) is 7.64. The highest BCUT2D eigenvalue weighted by atomic mass is 15.2. The smallest absolute Gasteiger partial charge is 0.0545 e. The molecule has 2 unspecified atom stereocenters. The summed E-state index contributed by atoms with van der Waals surface area (Å²) in [6, 6.07) is 22.6. The molecule has 1 heteroatoms. The average Bonchev–Trinajstić information content (AvgIpc) is 2.71. The summed E-state index contributed by atoms with van der Waals surface area (Å²) in [7, 11) is 0. The Labute approximate surface area is 161 Å². The lowest BCUT2D eigenvalue weighted by Crippen LogP contribution is -2.31. The molecule has 0 bridgehead atoms. The van der Waals surface area contributed by atoms with Crippen LogP contribution in [0.5, 0.6) is 0 Å². The molecule has 2 aromatic carbocycles. The van der Waals surface area contributed by atoms with Crippen LogP contribution in [-0.2, 0) is 0 Å². The van der Waals surface area contributed by atoms with E-state index in [1.807, 2.05) is 0 Å². The van der Waals surface area contributed by atoms with Crippen molar-refractivity contribution in [1.82, 2.24) is 0 Å². The van der Waals surface area contributed by atoms with Crippen molar-refractivity contribution < 1.29 is 0 Å². The van der Waals surface area contributed by atoms with E-state index in [4.69, 9.17) is 0 Å². The van der Waals surface area contributed by atoms with Crippen LogP contribution in [0.2, 0.25) is 0 Å². The number of hydrogen-bond donors (Lipinski definition) is 0. The molecule has 0 aliphatic carbocycles. The number of rotatable bonds is 12. The van der Waals surface area contributed by atoms with Gasteiger partial charge in [-0.25, -0.2) is 0 Å². The molecular weight excluding hydrogens is 314 g/mol. The first-order valence-electron chi connectivity index (χ1n) is 10.7. The van der Waals surface area contributed by atoms with E-state index < -0.39 is 0 Å². The first kappa shape index (κ1) is 20.6. The molecule has 0 saturated carbocycles. The van der Waals surface area contributed by atoms with Gasteiger partial charge in [-0.15, -0.1) is 0 Å². The summed E-state index contributed by atoms with van der Waals surface area (Å²) in [5.41, 5.74) is 2.82. The van der Waals surface area contributed by atoms with Crippen LogP contribution in [0.25, 0.3) is 0 Å². The van der Waals surface area contributed by atoms with Crippen LogP contribution in [-0.4, -0.2) is 6.54 Å². The van der Waals surface area contributed by atoms with Gasteiger partial charge in [0.25, 0.3) is 0 Å². The fourth-order valence-corrected chi connectivity index (χ4v) is 3.83. The van der Waals surface area contributed by atoms with Gasteiger partial charge < -0.3 is 4.90 Å². The Morgan fingerprint density at radius 1 is 0.769 bits per heavy atom. The van der Waals surface area contributed by atoms with Crippen LogP contribution in [0, 0.1) is 5.92 Å². The van der Waals surface area contributed by atoms with Crippen molar-refractivity contribution in [2.24, 2.45) is 5.92 Å². The Balaban J connectivity index is 2.32. The Morgan fingerprint density at radius 3 is 1.96 bits per heavy atom. The Morgan fingerprint density at radius 2 is 1.38 bits per heavy atom. The number of anilines is 1. The highest BCUT2D eigenvalue weighted by Crippen LogP contribution is 2.35. The maximum absolute atomic E-state index is 2.66. The minimum Gasteiger partial charge on any atom is -0.364 e. The quantitative estimate of drug-likeness (QED) is 0.380. The van der Waals surface area contributed by atoms with Crippen LogP contribution >= 0.6 is 0 Å². The van der Waals surface area contributed by atoms with Gasteiger partial charge >= 0.3 is 0 Å². The van der Waals surface area contributed by atoms with Gasteiger partial charge in [0.2, 0.25) is 0 Å². The number of benzene rings is 2. The molecule has 2 aromatic rings. The Hall–Kier alpha value is -1.76. The number of hydrogen-bond acceptors (Lipinski definition) is 1. The van der Waals surface area contributed by atoms with Crippen molar-refractivity contribution in [3.63, 3.8) is 0 Å². The van der Waals surface area contributed by atoms with Crippen molar-refractivity contribution in [2.45, 2.75) is 71.8 Å². The summed E-state index contributed by atoms with van der Waals surface area (Å²) in [6.07, 6.45) is 9.00. The lowest BCUT2D eigenvalue weighted by Gasteiger charge is -2.36. The molecule has 0 radical (unpaired) electrons. The highest BCUT2D eigenvalue weighted by molar-refractivity contribution is 5.48. The van der Waals surface area contributed by atoms with Crippen LogP contribution in [0.3, 0.4) is 0 Å². The van der Waals surface area contributed by atoms with E-state index in [1.54, 1.807) is 0 Å². The molecular formula is C25H37N. The van der Waals surface area contributed by atoms with E-state index in [0.717, 1.165) is 12.5 Å². The second kappa shape index (κ2) is 11.8. The monoisotopic (exact) mass is 351 g/mol. The summed E-state index contributed by atoms with van der Waals surface area (Å²) >= 11 is 0. The van der Waals surface area contributed by atoms with E-state index in [9.17, 15) is 0 Å². The number of nitrogens with zero attached hydrogens (tertiary/aromatic N) is 1. The Kier molecular flexibility index (Phi) is 9.31. The SMILES string of the molecule is CCCCC(CC)CC(c1ccccc1)N(CCCC)c1ccccc1. The van der Waals surface area contributed by atoms with Crippen molar-refractivity contribution in [2.75, 3.05) is 11.4 Å². The molecule has 142 valence electrons. The van der Waals surface area contributed by atoms with Crippen molar-refractivity contribution >= 4 is 5.69 Å². The maximum atomic E-state index is 2.66. The fraction of sp³-hybridized carbons (Fsp3) is 0.520. The standard InChI is InChI=1S/C25H37N/c1-4-7-15-22(6-3)21-25(23-16-11-9-12-17-23)26(20-8-5-2)24-18-13-10-14-19-24/h9-14,16-19,22,25H,4-8,15,20-21H2,1-3H3.